The Morgan fingerprint density at radius 3 is 2.73 bits per heavy atom. The summed E-state index contributed by atoms with van der Waals surface area (Å²) in [5.41, 5.74) is 2.07. The van der Waals surface area contributed by atoms with Gasteiger partial charge in [-0.15, -0.1) is 0 Å². The van der Waals surface area contributed by atoms with Gasteiger partial charge in [0.05, 0.1) is 11.3 Å². The van der Waals surface area contributed by atoms with Crippen LogP contribution in [-0.2, 0) is 0 Å². The molecule has 134 valence electrons. The molecule has 4 rings (SSSR count). The smallest absolute Gasteiger partial charge is 0.257 e. The molecule has 0 bridgehead atoms. The number of aromatic nitrogens is 2. The maximum atomic E-state index is 13.2. The van der Waals surface area contributed by atoms with Crippen molar-refractivity contribution in [1.82, 2.24) is 20.0 Å². The fraction of sp³-hybridized carbons (Fsp3) is 0.300. The van der Waals surface area contributed by atoms with Gasteiger partial charge in [-0.3, -0.25) is 4.79 Å². The van der Waals surface area contributed by atoms with E-state index in [2.05, 4.69) is 10.4 Å². The molecule has 0 atom stereocenters. The van der Waals surface area contributed by atoms with Crippen molar-refractivity contribution in [3.8, 4) is 17.1 Å². The lowest BCUT2D eigenvalue weighted by Gasteiger charge is -2.19. The number of hydrogen-bond acceptors (Lipinski definition) is 4. The van der Waals surface area contributed by atoms with Crippen molar-refractivity contribution in [3.05, 3.63) is 60.0 Å². The maximum Gasteiger partial charge on any atom is 0.257 e. The van der Waals surface area contributed by atoms with Crippen LogP contribution in [0.4, 0.5) is 0 Å². The van der Waals surface area contributed by atoms with Crippen LogP contribution in [0.2, 0.25) is 0 Å². The number of carbonyl (C=O) groups excluding carboxylic acids is 1. The lowest BCUT2D eigenvalue weighted by atomic mass is 10.2. The Bertz CT molecular complexity index is 890. The van der Waals surface area contributed by atoms with Crippen LogP contribution in [0.3, 0.4) is 0 Å². The second kappa shape index (κ2) is 7.17. The van der Waals surface area contributed by atoms with Gasteiger partial charge in [0.15, 0.2) is 5.76 Å². The summed E-state index contributed by atoms with van der Waals surface area (Å²) in [4.78, 5) is 15.1. The van der Waals surface area contributed by atoms with E-state index in [1.807, 2.05) is 60.5 Å². The largest absolute Gasteiger partial charge is 0.460 e. The Labute approximate surface area is 152 Å². The number of benzene rings is 1. The monoisotopic (exact) mass is 350 g/mol. The summed E-state index contributed by atoms with van der Waals surface area (Å²) in [5.74, 6) is 1.42. The van der Waals surface area contributed by atoms with Gasteiger partial charge in [0.2, 0.25) is 0 Å². The number of aryl methyl sites for hydroxylation is 1. The van der Waals surface area contributed by atoms with Crippen LogP contribution < -0.4 is 5.32 Å². The zero-order valence-electron chi connectivity index (χ0n) is 14.8. The second-order valence-corrected chi connectivity index (χ2v) is 6.48. The van der Waals surface area contributed by atoms with Crippen LogP contribution in [0.1, 0.15) is 22.5 Å². The van der Waals surface area contributed by atoms with Crippen LogP contribution in [0.15, 0.2) is 53.1 Å². The second-order valence-electron chi connectivity index (χ2n) is 6.48. The van der Waals surface area contributed by atoms with Crippen molar-refractivity contribution in [2.75, 3.05) is 26.2 Å². The molecular formula is C20H22N4O2. The highest BCUT2D eigenvalue weighted by molar-refractivity contribution is 5.99. The lowest BCUT2D eigenvalue weighted by Crippen LogP contribution is -2.34. The SMILES string of the molecule is Cc1ccc(-c2nn(-c3ccccc3)cc2C(=O)N2CCCNCC2)o1. The van der Waals surface area contributed by atoms with E-state index in [9.17, 15) is 4.79 Å². The summed E-state index contributed by atoms with van der Waals surface area (Å²) in [7, 11) is 0. The number of nitrogens with one attached hydrogen (secondary N) is 1. The van der Waals surface area contributed by atoms with Gasteiger partial charge in [-0.2, -0.15) is 5.10 Å². The van der Waals surface area contributed by atoms with E-state index < -0.39 is 0 Å². The van der Waals surface area contributed by atoms with Crippen molar-refractivity contribution in [1.29, 1.82) is 0 Å². The zero-order chi connectivity index (χ0) is 17.9. The summed E-state index contributed by atoms with van der Waals surface area (Å²) in [6.07, 6.45) is 2.76. The van der Waals surface area contributed by atoms with Crippen LogP contribution in [0.5, 0.6) is 0 Å². The van der Waals surface area contributed by atoms with Gasteiger partial charge in [0, 0.05) is 25.8 Å². The highest BCUT2D eigenvalue weighted by Gasteiger charge is 2.25. The molecule has 0 saturated carbocycles. The van der Waals surface area contributed by atoms with Gasteiger partial charge in [-0.25, -0.2) is 4.68 Å². The van der Waals surface area contributed by atoms with Crippen LogP contribution in [0, 0.1) is 6.92 Å². The molecule has 0 spiro atoms. The Hall–Kier alpha value is -2.86. The summed E-state index contributed by atoms with van der Waals surface area (Å²) >= 11 is 0. The average molecular weight is 350 g/mol. The molecule has 1 aromatic carbocycles. The summed E-state index contributed by atoms with van der Waals surface area (Å²) < 4.78 is 7.51. The van der Waals surface area contributed by atoms with Gasteiger partial charge >= 0.3 is 0 Å². The van der Waals surface area contributed by atoms with Gasteiger partial charge in [0.1, 0.15) is 11.5 Å². The molecule has 1 N–H and O–H groups in total. The zero-order valence-corrected chi connectivity index (χ0v) is 14.8. The molecule has 0 radical (unpaired) electrons. The summed E-state index contributed by atoms with van der Waals surface area (Å²) in [6.45, 7) is 5.09. The van der Waals surface area contributed by atoms with E-state index in [0.29, 0.717) is 23.6 Å². The third-order valence-corrected chi connectivity index (χ3v) is 4.57. The van der Waals surface area contributed by atoms with Crippen molar-refractivity contribution in [2.24, 2.45) is 0 Å². The topological polar surface area (TPSA) is 63.3 Å². The minimum absolute atomic E-state index is 0.0000609. The van der Waals surface area contributed by atoms with E-state index in [1.54, 1.807) is 4.68 Å². The van der Waals surface area contributed by atoms with Gasteiger partial charge in [-0.05, 0) is 44.2 Å². The van der Waals surface area contributed by atoms with Crippen LogP contribution >= 0.6 is 0 Å². The minimum atomic E-state index is -0.0000609. The molecule has 1 aliphatic rings. The first-order valence-electron chi connectivity index (χ1n) is 8.94. The number of furan rings is 1. The van der Waals surface area contributed by atoms with E-state index in [4.69, 9.17) is 4.42 Å². The van der Waals surface area contributed by atoms with Crippen molar-refractivity contribution in [2.45, 2.75) is 13.3 Å². The normalized spacial score (nSPS) is 15.0. The molecule has 6 nitrogen and oxygen atoms in total. The molecule has 1 aliphatic heterocycles. The highest BCUT2D eigenvalue weighted by Crippen LogP contribution is 2.27. The Balaban J connectivity index is 1.76. The maximum absolute atomic E-state index is 13.2. The molecule has 1 amide bonds. The quantitative estimate of drug-likeness (QED) is 0.789. The summed E-state index contributed by atoms with van der Waals surface area (Å²) in [6, 6.07) is 13.6. The van der Waals surface area contributed by atoms with Gasteiger partial charge in [-0.1, -0.05) is 18.2 Å². The molecule has 3 aromatic rings. The van der Waals surface area contributed by atoms with Gasteiger partial charge in [0.25, 0.3) is 5.91 Å². The molecule has 6 heteroatoms. The molecule has 3 heterocycles. The predicted octanol–water partition coefficient (Wildman–Crippen LogP) is 2.88. The first kappa shape index (κ1) is 16.6. The first-order chi connectivity index (χ1) is 12.7. The first-order valence-corrected chi connectivity index (χ1v) is 8.94. The lowest BCUT2D eigenvalue weighted by molar-refractivity contribution is 0.0767. The number of amides is 1. The number of nitrogens with zero attached hydrogens (tertiary/aromatic N) is 3. The van der Waals surface area contributed by atoms with Gasteiger partial charge < -0.3 is 14.6 Å². The van der Waals surface area contributed by atoms with Crippen LogP contribution in [-0.4, -0.2) is 46.8 Å². The van der Waals surface area contributed by atoms with E-state index in [1.165, 1.54) is 0 Å². The predicted molar refractivity (Wildman–Crippen MR) is 99.4 cm³/mol. The third-order valence-electron chi connectivity index (χ3n) is 4.57. The van der Waals surface area contributed by atoms with Crippen molar-refractivity contribution < 1.29 is 9.21 Å². The number of rotatable bonds is 3. The fourth-order valence-electron chi connectivity index (χ4n) is 3.21. The number of hydrogen-bond donors (Lipinski definition) is 1. The molecule has 26 heavy (non-hydrogen) atoms. The Morgan fingerprint density at radius 2 is 1.96 bits per heavy atom. The molecule has 0 aliphatic carbocycles. The Morgan fingerprint density at radius 1 is 1.12 bits per heavy atom. The van der Waals surface area contributed by atoms with E-state index in [0.717, 1.165) is 37.5 Å². The molecule has 2 aromatic heterocycles. The molecule has 0 unspecified atom stereocenters. The number of carbonyl (C=O) groups is 1. The molecule has 1 fully saturated rings. The Kier molecular flexibility index (Phi) is 4.58. The minimum Gasteiger partial charge on any atom is -0.460 e. The summed E-state index contributed by atoms with van der Waals surface area (Å²) in [5, 5.41) is 7.99. The van der Waals surface area contributed by atoms with Crippen molar-refractivity contribution in [3.63, 3.8) is 0 Å². The average Bonchev–Trinajstić information content (AvgIpc) is 3.20. The van der Waals surface area contributed by atoms with E-state index in [-0.39, 0.29) is 5.91 Å². The van der Waals surface area contributed by atoms with Crippen LogP contribution in [0.25, 0.3) is 17.1 Å². The fourth-order valence-corrected chi connectivity index (χ4v) is 3.21. The standard InChI is InChI=1S/C20H22N4O2/c1-15-8-9-18(26-15)19-17(20(25)23-12-5-10-21-11-13-23)14-24(22-19)16-6-3-2-4-7-16/h2-4,6-9,14,21H,5,10-13H2,1H3. The van der Waals surface area contributed by atoms with E-state index >= 15 is 0 Å². The molecular weight excluding hydrogens is 328 g/mol. The number of para-hydroxylation sites is 1. The highest BCUT2D eigenvalue weighted by atomic mass is 16.3. The van der Waals surface area contributed by atoms with Crippen molar-refractivity contribution >= 4 is 5.91 Å². The molecule has 1 saturated heterocycles. The third kappa shape index (κ3) is 3.28.